The summed E-state index contributed by atoms with van der Waals surface area (Å²) in [6.45, 7) is 1.70. The van der Waals surface area contributed by atoms with Gasteiger partial charge in [-0.1, -0.05) is 11.6 Å². The van der Waals surface area contributed by atoms with Crippen molar-refractivity contribution in [2.45, 2.75) is 13.1 Å². The number of nitrogens with one attached hydrogen (secondary N) is 1. The van der Waals surface area contributed by atoms with Gasteiger partial charge >= 0.3 is 12.1 Å². The van der Waals surface area contributed by atoms with Gasteiger partial charge in [0.1, 0.15) is 5.52 Å². The minimum Gasteiger partial charge on any atom is -0.462 e. The Morgan fingerprint density at radius 3 is 2.74 bits per heavy atom. The number of carbonyl (C=O) groups is 1. The van der Waals surface area contributed by atoms with Gasteiger partial charge in [0.05, 0.1) is 22.7 Å². The fourth-order valence-corrected chi connectivity index (χ4v) is 1.77. The van der Waals surface area contributed by atoms with E-state index < -0.39 is 18.0 Å². The summed E-state index contributed by atoms with van der Waals surface area (Å²) in [5, 5.41) is 0.0473. The van der Waals surface area contributed by atoms with E-state index in [0.717, 1.165) is 0 Å². The molecule has 1 aromatic carbocycles. The average Bonchev–Trinajstić information content (AvgIpc) is 2.75. The van der Waals surface area contributed by atoms with Gasteiger partial charge in [0.15, 0.2) is 0 Å². The number of benzene rings is 1. The maximum atomic E-state index is 12.6. The standard InChI is InChI=1S/C11H8ClF3N2O2/c1-2-19-9(18)5-3-4-6(12)8-7(5)16-10(17-8)11(13,14)15/h3-4H,2H2,1H3,(H,16,17). The Kier molecular flexibility index (Phi) is 3.40. The minimum absolute atomic E-state index is 0.0421. The number of aromatic amines is 1. The summed E-state index contributed by atoms with van der Waals surface area (Å²) in [6.07, 6.45) is -4.64. The number of carbonyl (C=O) groups excluding carboxylic acids is 1. The topological polar surface area (TPSA) is 55.0 Å². The number of aromatic nitrogens is 2. The average molecular weight is 293 g/mol. The minimum atomic E-state index is -4.64. The Bertz CT molecular complexity index is 637. The maximum absolute atomic E-state index is 12.6. The lowest BCUT2D eigenvalue weighted by Crippen LogP contribution is -2.07. The highest BCUT2D eigenvalue weighted by Crippen LogP contribution is 2.32. The molecule has 1 heterocycles. The van der Waals surface area contributed by atoms with Crippen LogP contribution in [0.2, 0.25) is 5.02 Å². The van der Waals surface area contributed by atoms with Crippen LogP contribution < -0.4 is 0 Å². The highest BCUT2D eigenvalue weighted by atomic mass is 35.5. The smallest absolute Gasteiger partial charge is 0.449 e. The van der Waals surface area contributed by atoms with Crippen molar-refractivity contribution in [1.29, 1.82) is 0 Å². The zero-order valence-electron chi connectivity index (χ0n) is 9.64. The van der Waals surface area contributed by atoms with Crippen molar-refractivity contribution in [3.05, 3.63) is 28.5 Å². The largest absolute Gasteiger partial charge is 0.462 e. The van der Waals surface area contributed by atoms with Gasteiger partial charge < -0.3 is 9.72 Å². The second kappa shape index (κ2) is 4.73. The van der Waals surface area contributed by atoms with Crippen molar-refractivity contribution in [3.8, 4) is 0 Å². The summed E-state index contributed by atoms with van der Waals surface area (Å²) in [4.78, 5) is 17.1. The van der Waals surface area contributed by atoms with E-state index in [1.165, 1.54) is 12.1 Å². The third-order valence-electron chi connectivity index (χ3n) is 2.36. The Morgan fingerprint density at radius 1 is 1.47 bits per heavy atom. The number of hydrogen-bond acceptors (Lipinski definition) is 3. The molecular formula is C11H8ClF3N2O2. The van der Waals surface area contributed by atoms with Crippen LogP contribution in [0.3, 0.4) is 0 Å². The lowest BCUT2D eigenvalue weighted by atomic mass is 10.2. The van der Waals surface area contributed by atoms with Gasteiger partial charge in [0.25, 0.3) is 0 Å². The molecule has 2 aromatic rings. The van der Waals surface area contributed by atoms with E-state index in [4.69, 9.17) is 16.3 Å². The molecule has 1 aromatic heterocycles. The fraction of sp³-hybridized carbons (Fsp3) is 0.273. The number of hydrogen-bond donors (Lipinski definition) is 1. The van der Waals surface area contributed by atoms with Gasteiger partial charge in [-0.2, -0.15) is 13.2 Å². The molecule has 102 valence electrons. The molecule has 2 rings (SSSR count). The van der Waals surface area contributed by atoms with Crippen LogP contribution >= 0.6 is 11.6 Å². The normalized spacial score (nSPS) is 11.8. The predicted octanol–water partition coefficient (Wildman–Crippen LogP) is 3.41. The molecule has 0 unspecified atom stereocenters. The molecule has 0 saturated carbocycles. The molecule has 1 N–H and O–H groups in total. The van der Waals surface area contributed by atoms with Gasteiger partial charge in [-0.15, -0.1) is 0 Å². The predicted molar refractivity (Wildman–Crippen MR) is 62.1 cm³/mol. The van der Waals surface area contributed by atoms with E-state index in [1.54, 1.807) is 6.92 Å². The Labute approximate surface area is 110 Å². The molecule has 8 heteroatoms. The highest BCUT2D eigenvalue weighted by Gasteiger charge is 2.35. The van der Waals surface area contributed by atoms with E-state index in [9.17, 15) is 18.0 Å². The van der Waals surface area contributed by atoms with Crippen LogP contribution in [0.4, 0.5) is 13.2 Å². The summed E-state index contributed by atoms with van der Waals surface area (Å²) in [7, 11) is 0. The lowest BCUT2D eigenvalue weighted by molar-refractivity contribution is -0.144. The molecule has 0 atom stereocenters. The number of nitrogens with zero attached hydrogens (tertiary/aromatic N) is 1. The zero-order chi connectivity index (χ0) is 14.2. The third kappa shape index (κ3) is 2.51. The first-order valence-electron chi connectivity index (χ1n) is 5.27. The summed E-state index contributed by atoms with van der Waals surface area (Å²) in [5.74, 6) is -1.95. The summed E-state index contributed by atoms with van der Waals surface area (Å²) >= 11 is 5.78. The SMILES string of the molecule is CCOC(=O)c1ccc(Cl)c2[nH]c(C(F)(F)F)nc12. The Morgan fingerprint density at radius 2 is 2.16 bits per heavy atom. The second-order valence-electron chi connectivity index (χ2n) is 3.62. The van der Waals surface area contributed by atoms with Gasteiger partial charge in [-0.05, 0) is 19.1 Å². The van der Waals surface area contributed by atoms with Crippen molar-refractivity contribution < 1.29 is 22.7 Å². The molecule has 0 saturated heterocycles. The Balaban J connectivity index is 2.65. The first-order valence-corrected chi connectivity index (χ1v) is 5.65. The number of H-pyrrole nitrogens is 1. The van der Waals surface area contributed by atoms with E-state index in [0.29, 0.717) is 0 Å². The van der Waals surface area contributed by atoms with Crippen LogP contribution in [0.15, 0.2) is 12.1 Å². The lowest BCUT2D eigenvalue weighted by Gasteiger charge is -2.02. The molecule has 0 amide bonds. The molecule has 0 aliphatic heterocycles. The summed E-state index contributed by atoms with van der Waals surface area (Å²) in [6, 6.07) is 2.60. The van der Waals surface area contributed by atoms with Crippen LogP contribution in [0.1, 0.15) is 23.1 Å². The molecule has 19 heavy (non-hydrogen) atoms. The quantitative estimate of drug-likeness (QED) is 0.863. The highest BCUT2D eigenvalue weighted by molar-refractivity contribution is 6.35. The molecule has 0 aliphatic carbocycles. The Hall–Kier alpha value is -1.76. The number of imidazole rings is 1. The van der Waals surface area contributed by atoms with E-state index in [2.05, 4.69) is 9.97 Å². The van der Waals surface area contributed by atoms with Gasteiger partial charge in [0.2, 0.25) is 5.82 Å². The van der Waals surface area contributed by atoms with Gasteiger partial charge in [-0.3, -0.25) is 0 Å². The van der Waals surface area contributed by atoms with Crippen LogP contribution in [0.25, 0.3) is 11.0 Å². The molecule has 0 aliphatic rings. The number of fused-ring (bicyclic) bond motifs is 1. The molecule has 0 radical (unpaired) electrons. The van der Waals surface area contributed by atoms with Gasteiger partial charge in [-0.25, -0.2) is 9.78 Å². The first-order chi connectivity index (χ1) is 8.84. The number of esters is 1. The molecular weight excluding hydrogens is 285 g/mol. The van der Waals surface area contributed by atoms with Crippen molar-refractivity contribution in [1.82, 2.24) is 9.97 Å². The fourth-order valence-electron chi connectivity index (χ4n) is 1.57. The van der Waals surface area contributed by atoms with Crippen LogP contribution in [-0.4, -0.2) is 22.5 Å². The number of rotatable bonds is 2. The third-order valence-corrected chi connectivity index (χ3v) is 2.67. The number of ether oxygens (including phenoxy) is 1. The monoisotopic (exact) mass is 292 g/mol. The van der Waals surface area contributed by atoms with E-state index in [-0.39, 0.29) is 28.2 Å². The molecule has 0 fully saturated rings. The van der Waals surface area contributed by atoms with Crippen molar-refractivity contribution in [2.24, 2.45) is 0 Å². The number of halogens is 4. The van der Waals surface area contributed by atoms with Crippen molar-refractivity contribution >= 4 is 28.6 Å². The summed E-state index contributed by atoms with van der Waals surface area (Å²) < 4.78 is 42.5. The molecule has 4 nitrogen and oxygen atoms in total. The van der Waals surface area contributed by atoms with Gasteiger partial charge in [0, 0.05) is 0 Å². The van der Waals surface area contributed by atoms with Crippen LogP contribution in [0.5, 0.6) is 0 Å². The first kappa shape index (κ1) is 13.7. The van der Waals surface area contributed by atoms with E-state index in [1.807, 2.05) is 0 Å². The van der Waals surface area contributed by atoms with Crippen molar-refractivity contribution in [2.75, 3.05) is 6.61 Å². The second-order valence-corrected chi connectivity index (χ2v) is 4.03. The number of alkyl halides is 3. The zero-order valence-corrected chi connectivity index (χ0v) is 10.4. The summed E-state index contributed by atoms with van der Waals surface area (Å²) in [5.41, 5.74) is -0.259. The molecule has 0 bridgehead atoms. The molecule has 0 spiro atoms. The van der Waals surface area contributed by atoms with E-state index >= 15 is 0 Å². The van der Waals surface area contributed by atoms with Crippen LogP contribution in [0, 0.1) is 0 Å². The maximum Gasteiger partial charge on any atom is 0.449 e. The van der Waals surface area contributed by atoms with Crippen LogP contribution in [-0.2, 0) is 10.9 Å². The van der Waals surface area contributed by atoms with Crippen molar-refractivity contribution in [3.63, 3.8) is 0 Å².